The van der Waals surface area contributed by atoms with E-state index >= 15 is 0 Å². The molecule has 3 aromatic carbocycles. The van der Waals surface area contributed by atoms with Gasteiger partial charge in [-0.3, -0.25) is 14.0 Å². The van der Waals surface area contributed by atoms with Crippen molar-refractivity contribution in [1.29, 1.82) is 0 Å². The van der Waals surface area contributed by atoms with E-state index in [2.05, 4.69) is 10.2 Å². The molecule has 0 aromatic heterocycles. The third-order valence-electron chi connectivity index (χ3n) is 5.57. The molecule has 1 aliphatic rings. The summed E-state index contributed by atoms with van der Waals surface area (Å²) in [6, 6.07) is 22.6. The zero-order valence-electron chi connectivity index (χ0n) is 18.5. The van der Waals surface area contributed by atoms with E-state index in [-0.39, 0.29) is 10.8 Å². The van der Waals surface area contributed by atoms with Crippen LogP contribution in [0.5, 0.6) is 0 Å². The molecular weight excluding hydrogens is 438 g/mol. The molecule has 172 valence electrons. The van der Waals surface area contributed by atoms with Gasteiger partial charge in [0, 0.05) is 37.9 Å². The Bertz CT molecular complexity index is 1210. The van der Waals surface area contributed by atoms with Gasteiger partial charge in [0.15, 0.2) is 0 Å². The molecule has 8 heteroatoms. The van der Waals surface area contributed by atoms with Gasteiger partial charge in [0.05, 0.1) is 23.8 Å². The minimum atomic E-state index is -3.77. The van der Waals surface area contributed by atoms with Crippen molar-refractivity contribution in [1.82, 2.24) is 4.90 Å². The standard InChI is InChI=1S/C25H27N3O4S/c1-27(23-10-3-2-4-11-23)33(30,31)24-12-6-9-22(18-24)26-25(29)21-8-5-7-20(17-21)19-28-13-15-32-16-14-28/h2-12,17-18H,13-16,19H2,1H3,(H,26,29). The van der Waals surface area contributed by atoms with Crippen molar-refractivity contribution < 1.29 is 17.9 Å². The first-order valence-electron chi connectivity index (χ1n) is 10.8. The van der Waals surface area contributed by atoms with Crippen molar-refractivity contribution in [2.45, 2.75) is 11.4 Å². The molecule has 4 rings (SSSR count). The van der Waals surface area contributed by atoms with Crippen molar-refractivity contribution in [3.63, 3.8) is 0 Å². The molecule has 7 nitrogen and oxygen atoms in total. The van der Waals surface area contributed by atoms with Gasteiger partial charge < -0.3 is 10.1 Å². The number of para-hydroxylation sites is 1. The maximum absolute atomic E-state index is 13.1. The highest BCUT2D eigenvalue weighted by Gasteiger charge is 2.22. The first-order valence-corrected chi connectivity index (χ1v) is 12.2. The summed E-state index contributed by atoms with van der Waals surface area (Å²) in [4.78, 5) is 15.3. The second-order valence-electron chi connectivity index (χ2n) is 7.88. The first-order chi connectivity index (χ1) is 15.9. The fourth-order valence-electron chi connectivity index (χ4n) is 3.70. The molecule has 0 bridgehead atoms. The minimum absolute atomic E-state index is 0.104. The SMILES string of the molecule is CN(c1ccccc1)S(=O)(=O)c1cccc(NC(=O)c2cccc(CN3CCOCC3)c2)c1. The van der Waals surface area contributed by atoms with Gasteiger partial charge in [-0.2, -0.15) is 0 Å². The molecule has 3 aromatic rings. The summed E-state index contributed by atoms with van der Waals surface area (Å²) in [6.45, 7) is 3.94. The maximum Gasteiger partial charge on any atom is 0.264 e. The van der Waals surface area contributed by atoms with Gasteiger partial charge in [0.2, 0.25) is 0 Å². The van der Waals surface area contributed by atoms with Crippen molar-refractivity contribution in [3.05, 3.63) is 90.0 Å². The second kappa shape index (κ2) is 10.2. The van der Waals surface area contributed by atoms with E-state index in [1.54, 1.807) is 42.5 Å². The highest BCUT2D eigenvalue weighted by Crippen LogP contribution is 2.24. The molecule has 1 saturated heterocycles. The summed E-state index contributed by atoms with van der Waals surface area (Å²) in [5.41, 5.74) is 2.55. The van der Waals surface area contributed by atoms with Crippen LogP contribution in [0.15, 0.2) is 83.8 Å². The first kappa shape index (κ1) is 23.0. The van der Waals surface area contributed by atoms with Crippen LogP contribution in [0.3, 0.4) is 0 Å². The number of rotatable bonds is 7. The van der Waals surface area contributed by atoms with Gasteiger partial charge >= 0.3 is 0 Å². The molecule has 33 heavy (non-hydrogen) atoms. The number of carbonyl (C=O) groups is 1. The van der Waals surface area contributed by atoms with Crippen LogP contribution in [0.1, 0.15) is 15.9 Å². The summed E-state index contributed by atoms with van der Waals surface area (Å²) in [5, 5.41) is 2.82. The fraction of sp³-hybridized carbons (Fsp3) is 0.240. The molecule has 0 unspecified atom stereocenters. The Balaban J connectivity index is 1.48. The highest BCUT2D eigenvalue weighted by atomic mass is 32.2. The summed E-state index contributed by atoms with van der Waals surface area (Å²) in [7, 11) is -2.26. The molecule has 1 aliphatic heterocycles. The largest absolute Gasteiger partial charge is 0.379 e. The van der Waals surface area contributed by atoms with E-state index in [0.29, 0.717) is 16.9 Å². The molecule has 1 amide bonds. The van der Waals surface area contributed by atoms with Crippen molar-refractivity contribution >= 4 is 27.3 Å². The number of anilines is 2. The predicted octanol–water partition coefficient (Wildman–Crippen LogP) is 3.60. The van der Waals surface area contributed by atoms with Gasteiger partial charge in [-0.15, -0.1) is 0 Å². The van der Waals surface area contributed by atoms with Crippen molar-refractivity contribution in [2.75, 3.05) is 43.0 Å². The second-order valence-corrected chi connectivity index (χ2v) is 9.85. The van der Waals surface area contributed by atoms with Gasteiger partial charge in [0.1, 0.15) is 0 Å². The number of morpholine rings is 1. The van der Waals surface area contributed by atoms with Gasteiger partial charge in [-0.25, -0.2) is 8.42 Å². The third kappa shape index (κ3) is 5.60. The highest BCUT2D eigenvalue weighted by molar-refractivity contribution is 7.92. The maximum atomic E-state index is 13.1. The van der Waals surface area contributed by atoms with E-state index < -0.39 is 10.0 Å². The number of hydrogen-bond donors (Lipinski definition) is 1. The molecule has 1 heterocycles. The lowest BCUT2D eigenvalue weighted by Crippen LogP contribution is -2.35. The monoisotopic (exact) mass is 465 g/mol. The quantitative estimate of drug-likeness (QED) is 0.577. The topological polar surface area (TPSA) is 79.0 Å². The Morgan fingerprint density at radius 3 is 2.45 bits per heavy atom. The Kier molecular flexibility index (Phi) is 7.08. The van der Waals surface area contributed by atoms with Crippen LogP contribution in [-0.2, 0) is 21.3 Å². The lowest BCUT2D eigenvalue weighted by molar-refractivity contribution is 0.0342. The summed E-state index contributed by atoms with van der Waals surface area (Å²) in [6.07, 6.45) is 0. The zero-order chi connectivity index (χ0) is 23.3. The van der Waals surface area contributed by atoms with Crippen molar-refractivity contribution in [3.8, 4) is 0 Å². The van der Waals surface area contributed by atoms with E-state index in [0.717, 1.165) is 38.4 Å². The Morgan fingerprint density at radius 1 is 0.970 bits per heavy atom. The summed E-state index contributed by atoms with van der Waals surface area (Å²) >= 11 is 0. The minimum Gasteiger partial charge on any atom is -0.379 e. The zero-order valence-corrected chi connectivity index (χ0v) is 19.3. The molecule has 1 fully saturated rings. The molecular formula is C25H27N3O4S. The number of amides is 1. The van der Waals surface area contributed by atoms with Crippen molar-refractivity contribution in [2.24, 2.45) is 0 Å². The van der Waals surface area contributed by atoms with E-state index in [1.807, 2.05) is 24.3 Å². The van der Waals surface area contributed by atoms with E-state index in [1.165, 1.54) is 23.5 Å². The molecule has 0 saturated carbocycles. The van der Waals surface area contributed by atoms with Crippen LogP contribution in [-0.4, -0.2) is 52.6 Å². The average Bonchev–Trinajstić information content (AvgIpc) is 2.85. The lowest BCUT2D eigenvalue weighted by atomic mass is 10.1. The van der Waals surface area contributed by atoms with Gasteiger partial charge in [0.25, 0.3) is 15.9 Å². The van der Waals surface area contributed by atoms with E-state index in [9.17, 15) is 13.2 Å². The number of sulfonamides is 1. The number of nitrogens with zero attached hydrogens (tertiary/aromatic N) is 2. The average molecular weight is 466 g/mol. The fourth-order valence-corrected chi connectivity index (χ4v) is 4.94. The van der Waals surface area contributed by atoms with E-state index in [4.69, 9.17) is 4.74 Å². The molecule has 0 radical (unpaired) electrons. The normalized spacial score (nSPS) is 14.6. The molecule has 0 aliphatic carbocycles. The Morgan fingerprint density at radius 2 is 1.70 bits per heavy atom. The third-order valence-corrected chi connectivity index (χ3v) is 7.35. The van der Waals surface area contributed by atoms with Crippen LogP contribution < -0.4 is 9.62 Å². The van der Waals surface area contributed by atoms with Crippen LogP contribution in [0.25, 0.3) is 0 Å². The number of carbonyl (C=O) groups excluding carboxylic acids is 1. The molecule has 0 atom stereocenters. The number of hydrogen-bond acceptors (Lipinski definition) is 5. The summed E-state index contributed by atoms with van der Waals surface area (Å²) < 4.78 is 32.8. The van der Waals surface area contributed by atoms with Crippen LogP contribution in [0, 0.1) is 0 Å². The Labute approximate surface area is 194 Å². The molecule has 0 spiro atoms. The number of ether oxygens (including phenoxy) is 1. The number of nitrogens with one attached hydrogen (secondary N) is 1. The Hall–Kier alpha value is -3.20. The molecule has 1 N–H and O–H groups in total. The predicted molar refractivity (Wildman–Crippen MR) is 129 cm³/mol. The summed E-state index contributed by atoms with van der Waals surface area (Å²) in [5.74, 6) is -0.287. The van der Waals surface area contributed by atoms with Crippen LogP contribution >= 0.6 is 0 Å². The smallest absolute Gasteiger partial charge is 0.264 e. The lowest BCUT2D eigenvalue weighted by Gasteiger charge is -2.26. The van der Waals surface area contributed by atoms with Gasteiger partial charge in [-0.05, 0) is 48.0 Å². The van der Waals surface area contributed by atoms with Crippen LogP contribution in [0.2, 0.25) is 0 Å². The van der Waals surface area contributed by atoms with Gasteiger partial charge in [-0.1, -0.05) is 36.4 Å². The number of benzene rings is 3. The van der Waals surface area contributed by atoms with Crippen LogP contribution in [0.4, 0.5) is 11.4 Å².